The first-order valence-corrected chi connectivity index (χ1v) is 8.05. The molecule has 2 N–H and O–H groups in total. The zero-order valence-corrected chi connectivity index (χ0v) is 12.9. The molecular weight excluding hydrogens is 260 g/mol. The third-order valence-electron chi connectivity index (χ3n) is 3.06. The van der Waals surface area contributed by atoms with Crippen LogP contribution in [0.25, 0.3) is 0 Å². The summed E-state index contributed by atoms with van der Waals surface area (Å²) in [5.41, 5.74) is 6.82. The van der Waals surface area contributed by atoms with Crippen LogP contribution in [0, 0.1) is 5.92 Å². The predicted octanol–water partition coefficient (Wildman–Crippen LogP) is 2.37. The summed E-state index contributed by atoms with van der Waals surface area (Å²) in [7, 11) is -1.81. The van der Waals surface area contributed by atoms with Crippen molar-refractivity contribution in [3.8, 4) is 0 Å². The number of sulfonamides is 1. The normalized spacial score (nSPS) is 14.1. The van der Waals surface area contributed by atoms with E-state index >= 15 is 0 Å². The monoisotopic (exact) mass is 284 g/mol. The fraction of sp³-hybridized carbons (Fsp3) is 0.571. The molecule has 0 amide bonds. The van der Waals surface area contributed by atoms with Crippen molar-refractivity contribution in [3.63, 3.8) is 0 Å². The van der Waals surface area contributed by atoms with Crippen LogP contribution in [0.1, 0.15) is 38.8 Å². The van der Waals surface area contributed by atoms with Gasteiger partial charge in [0, 0.05) is 19.6 Å². The SMILES string of the molecule is CCC(N)c1cccc(S(=O)(=O)N(C)CC(C)C)c1. The second kappa shape index (κ2) is 6.50. The first-order chi connectivity index (χ1) is 8.78. The van der Waals surface area contributed by atoms with E-state index in [2.05, 4.69) is 0 Å². The molecule has 0 aliphatic heterocycles. The molecule has 0 aromatic heterocycles. The largest absolute Gasteiger partial charge is 0.324 e. The maximum Gasteiger partial charge on any atom is 0.242 e. The number of hydrogen-bond acceptors (Lipinski definition) is 3. The number of nitrogens with two attached hydrogens (primary N) is 1. The Hall–Kier alpha value is -0.910. The lowest BCUT2D eigenvalue weighted by Crippen LogP contribution is -2.30. The summed E-state index contributed by atoms with van der Waals surface area (Å²) in [4.78, 5) is 0.317. The lowest BCUT2D eigenvalue weighted by molar-refractivity contribution is 0.417. The molecule has 0 saturated heterocycles. The van der Waals surface area contributed by atoms with Crippen LogP contribution in [0.5, 0.6) is 0 Å². The van der Waals surface area contributed by atoms with Gasteiger partial charge in [0.25, 0.3) is 0 Å². The predicted molar refractivity (Wildman–Crippen MR) is 78.3 cm³/mol. The third kappa shape index (κ3) is 4.03. The maximum absolute atomic E-state index is 12.4. The van der Waals surface area contributed by atoms with E-state index in [0.29, 0.717) is 17.4 Å². The van der Waals surface area contributed by atoms with E-state index in [1.807, 2.05) is 26.8 Å². The summed E-state index contributed by atoms with van der Waals surface area (Å²) in [6.07, 6.45) is 0.783. The second-order valence-electron chi connectivity index (χ2n) is 5.27. The van der Waals surface area contributed by atoms with Gasteiger partial charge in [-0.15, -0.1) is 0 Å². The minimum atomic E-state index is -3.42. The molecule has 0 saturated carbocycles. The highest BCUT2D eigenvalue weighted by Gasteiger charge is 2.22. The van der Waals surface area contributed by atoms with Gasteiger partial charge >= 0.3 is 0 Å². The summed E-state index contributed by atoms with van der Waals surface area (Å²) >= 11 is 0. The van der Waals surface area contributed by atoms with E-state index < -0.39 is 10.0 Å². The summed E-state index contributed by atoms with van der Waals surface area (Å²) < 4.78 is 26.2. The van der Waals surface area contributed by atoms with Gasteiger partial charge in [-0.05, 0) is 30.0 Å². The fourth-order valence-corrected chi connectivity index (χ4v) is 3.32. The van der Waals surface area contributed by atoms with Crippen LogP contribution in [0.4, 0.5) is 0 Å². The van der Waals surface area contributed by atoms with E-state index in [-0.39, 0.29) is 6.04 Å². The Kier molecular flexibility index (Phi) is 5.52. The highest BCUT2D eigenvalue weighted by atomic mass is 32.2. The topological polar surface area (TPSA) is 63.4 Å². The summed E-state index contributed by atoms with van der Waals surface area (Å²) in [5, 5.41) is 0. The van der Waals surface area contributed by atoms with Gasteiger partial charge in [0.1, 0.15) is 0 Å². The Morgan fingerprint density at radius 1 is 1.32 bits per heavy atom. The Bertz CT molecular complexity index is 512. The van der Waals surface area contributed by atoms with Gasteiger partial charge in [0.15, 0.2) is 0 Å². The molecular formula is C14H24N2O2S. The fourth-order valence-electron chi connectivity index (χ4n) is 1.93. The summed E-state index contributed by atoms with van der Waals surface area (Å²) in [6.45, 7) is 6.48. The summed E-state index contributed by atoms with van der Waals surface area (Å²) in [5.74, 6) is 0.292. The molecule has 1 aromatic carbocycles. The van der Waals surface area contributed by atoms with E-state index in [0.717, 1.165) is 12.0 Å². The van der Waals surface area contributed by atoms with Crippen LogP contribution in [0.2, 0.25) is 0 Å². The Morgan fingerprint density at radius 3 is 2.47 bits per heavy atom. The Balaban J connectivity index is 3.08. The number of nitrogens with zero attached hydrogens (tertiary/aromatic N) is 1. The minimum absolute atomic E-state index is 0.120. The van der Waals surface area contributed by atoms with Crippen molar-refractivity contribution in [2.24, 2.45) is 11.7 Å². The molecule has 0 aliphatic rings. The molecule has 5 heteroatoms. The average Bonchev–Trinajstić information content (AvgIpc) is 2.37. The minimum Gasteiger partial charge on any atom is -0.324 e. The number of hydrogen-bond donors (Lipinski definition) is 1. The van der Waals surface area contributed by atoms with Crippen LogP contribution in [-0.2, 0) is 10.0 Å². The van der Waals surface area contributed by atoms with Crippen molar-refractivity contribution in [1.29, 1.82) is 0 Å². The molecule has 0 bridgehead atoms. The van der Waals surface area contributed by atoms with Gasteiger partial charge in [-0.1, -0.05) is 32.9 Å². The molecule has 0 radical (unpaired) electrons. The van der Waals surface area contributed by atoms with Crippen LogP contribution in [0.15, 0.2) is 29.2 Å². The van der Waals surface area contributed by atoms with E-state index in [9.17, 15) is 8.42 Å². The molecule has 0 fully saturated rings. The first-order valence-electron chi connectivity index (χ1n) is 6.61. The molecule has 108 valence electrons. The second-order valence-corrected chi connectivity index (χ2v) is 7.31. The van der Waals surface area contributed by atoms with Gasteiger partial charge in [-0.25, -0.2) is 12.7 Å². The number of rotatable bonds is 6. The Labute approximate surface area is 116 Å². The molecule has 0 spiro atoms. The smallest absolute Gasteiger partial charge is 0.242 e. The molecule has 1 rings (SSSR count). The lowest BCUT2D eigenvalue weighted by atomic mass is 10.1. The molecule has 1 aromatic rings. The highest BCUT2D eigenvalue weighted by molar-refractivity contribution is 7.89. The van der Waals surface area contributed by atoms with Crippen molar-refractivity contribution in [2.75, 3.05) is 13.6 Å². The van der Waals surface area contributed by atoms with Gasteiger partial charge in [0.2, 0.25) is 10.0 Å². The lowest BCUT2D eigenvalue weighted by Gasteiger charge is -2.20. The van der Waals surface area contributed by atoms with Crippen molar-refractivity contribution < 1.29 is 8.42 Å². The maximum atomic E-state index is 12.4. The molecule has 19 heavy (non-hydrogen) atoms. The van der Waals surface area contributed by atoms with Gasteiger partial charge in [-0.2, -0.15) is 0 Å². The molecule has 1 unspecified atom stereocenters. The number of benzene rings is 1. The molecule has 0 aliphatic carbocycles. The van der Waals surface area contributed by atoms with E-state index in [1.54, 1.807) is 25.2 Å². The zero-order valence-electron chi connectivity index (χ0n) is 12.1. The van der Waals surface area contributed by atoms with Crippen molar-refractivity contribution in [3.05, 3.63) is 29.8 Å². The summed E-state index contributed by atoms with van der Waals surface area (Å²) in [6, 6.07) is 6.81. The molecule has 0 heterocycles. The third-order valence-corrected chi connectivity index (χ3v) is 4.88. The van der Waals surface area contributed by atoms with Gasteiger partial charge in [-0.3, -0.25) is 0 Å². The van der Waals surface area contributed by atoms with Crippen LogP contribution in [0.3, 0.4) is 0 Å². The zero-order chi connectivity index (χ0) is 14.6. The average molecular weight is 284 g/mol. The van der Waals surface area contributed by atoms with Crippen LogP contribution >= 0.6 is 0 Å². The quantitative estimate of drug-likeness (QED) is 0.872. The van der Waals surface area contributed by atoms with Crippen molar-refractivity contribution >= 4 is 10.0 Å². The standard InChI is InChI=1S/C14H24N2O2S/c1-5-14(15)12-7-6-8-13(9-12)19(17,18)16(4)10-11(2)3/h6-9,11,14H,5,10,15H2,1-4H3. The Morgan fingerprint density at radius 2 is 1.95 bits per heavy atom. The van der Waals surface area contributed by atoms with Crippen molar-refractivity contribution in [1.82, 2.24) is 4.31 Å². The van der Waals surface area contributed by atoms with Crippen LogP contribution < -0.4 is 5.73 Å². The van der Waals surface area contributed by atoms with Gasteiger partial charge in [0.05, 0.1) is 4.90 Å². The first kappa shape index (κ1) is 16.1. The van der Waals surface area contributed by atoms with Gasteiger partial charge < -0.3 is 5.73 Å². The van der Waals surface area contributed by atoms with E-state index in [4.69, 9.17) is 5.73 Å². The molecule has 1 atom stereocenters. The van der Waals surface area contributed by atoms with E-state index in [1.165, 1.54) is 4.31 Å². The molecule has 4 nitrogen and oxygen atoms in total. The van der Waals surface area contributed by atoms with Crippen molar-refractivity contribution in [2.45, 2.75) is 38.1 Å². The van der Waals surface area contributed by atoms with Crippen LogP contribution in [-0.4, -0.2) is 26.3 Å². The highest BCUT2D eigenvalue weighted by Crippen LogP contribution is 2.21.